The molecule has 0 unspecified atom stereocenters. The molecule has 2 rings (SSSR count). The Morgan fingerprint density at radius 3 is 1.97 bits per heavy atom. The maximum atomic E-state index is 12.0. The number of carbonyl (C=O) groups excluding carboxylic acids is 4. The molecule has 11 heteroatoms. The Balaban J connectivity index is 1.69. The van der Waals surface area contributed by atoms with Gasteiger partial charge in [-0.3, -0.25) is 24.5 Å². The maximum absolute atomic E-state index is 12.0. The number of carbonyl (C=O) groups is 4. The first-order valence-corrected chi connectivity index (χ1v) is 10.4. The van der Waals surface area contributed by atoms with E-state index in [1.165, 1.54) is 48.5 Å². The zero-order valence-electron chi connectivity index (χ0n) is 18.7. The molecule has 34 heavy (non-hydrogen) atoms. The van der Waals surface area contributed by atoms with E-state index in [9.17, 15) is 29.3 Å². The van der Waals surface area contributed by atoms with E-state index in [1.54, 1.807) is 0 Å². The molecule has 2 amide bonds. The second-order valence-corrected chi connectivity index (χ2v) is 7.63. The number of ether oxygens (including phenoxy) is 2. The predicted octanol–water partition coefficient (Wildman–Crippen LogP) is 3.31. The normalized spacial score (nSPS) is 10.3. The van der Waals surface area contributed by atoms with Gasteiger partial charge in [-0.25, -0.2) is 4.79 Å². The van der Waals surface area contributed by atoms with Gasteiger partial charge >= 0.3 is 11.9 Å². The van der Waals surface area contributed by atoms with Crippen LogP contribution in [0.4, 0.5) is 17.1 Å². The molecule has 0 bridgehead atoms. The lowest BCUT2D eigenvalue weighted by atomic mass is 10.2. The lowest BCUT2D eigenvalue weighted by molar-refractivity contribution is -0.384. The van der Waals surface area contributed by atoms with Gasteiger partial charge in [0, 0.05) is 29.9 Å². The third kappa shape index (κ3) is 9.07. The molecular weight excluding hydrogens is 446 g/mol. The molecule has 0 saturated carbocycles. The van der Waals surface area contributed by atoms with Crippen LogP contribution in [0.5, 0.6) is 0 Å². The summed E-state index contributed by atoms with van der Waals surface area (Å²) >= 11 is 0. The Kier molecular flexibility index (Phi) is 9.69. The standard InChI is InChI=1S/C23H25N3O8/c1-15(2)13-34-23(30)16-3-5-17(6-4-16)25-21(28)14-33-22(29)12-11-20(27)24-18-7-9-19(10-8-18)26(31)32/h3-10,15H,11-14H2,1-2H3,(H,24,27)(H,25,28). The largest absolute Gasteiger partial charge is 0.462 e. The molecule has 0 aliphatic rings. The molecule has 0 aromatic heterocycles. The first-order valence-electron chi connectivity index (χ1n) is 10.4. The summed E-state index contributed by atoms with van der Waals surface area (Å²) in [7, 11) is 0. The zero-order chi connectivity index (χ0) is 25.1. The highest BCUT2D eigenvalue weighted by Gasteiger charge is 2.13. The summed E-state index contributed by atoms with van der Waals surface area (Å²) < 4.78 is 9.98. The SMILES string of the molecule is CC(C)COC(=O)c1ccc(NC(=O)COC(=O)CCC(=O)Nc2ccc([N+](=O)[O-])cc2)cc1. The molecule has 0 aliphatic heterocycles. The fourth-order valence-corrected chi connectivity index (χ4v) is 2.54. The van der Waals surface area contributed by atoms with Gasteiger partial charge in [0.05, 0.1) is 23.5 Å². The van der Waals surface area contributed by atoms with Crippen molar-refractivity contribution in [2.75, 3.05) is 23.8 Å². The van der Waals surface area contributed by atoms with Gasteiger partial charge in [-0.1, -0.05) is 13.8 Å². The van der Waals surface area contributed by atoms with Crippen LogP contribution in [0.25, 0.3) is 0 Å². The van der Waals surface area contributed by atoms with Crippen LogP contribution < -0.4 is 10.6 Å². The Morgan fingerprint density at radius 2 is 1.41 bits per heavy atom. The van der Waals surface area contributed by atoms with Crippen LogP contribution in [0, 0.1) is 16.0 Å². The number of nitro benzene ring substituents is 1. The highest BCUT2D eigenvalue weighted by atomic mass is 16.6. The van der Waals surface area contributed by atoms with Gasteiger partial charge < -0.3 is 20.1 Å². The van der Waals surface area contributed by atoms with E-state index >= 15 is 0 Å². The van der Waals surface area contributed by atoms with Crippen molar-refractivity contribution in [1.82, 2.24) is 0 Å². The summed E-state index contributed by atoms with van der Waals surface area (Å²) in [6.07, 6.45) is -0.439. The van der Waals surface area contributed by atoms with Crippen molar-refractivity contribution in [1.29, 1.82) is 0 Å². The lowest BCUT2D eigenvalue weighted by Crippen LogP contribution is -2.21. The van der Waals surface area contributed by atoms with Crippen LogP contribution in [-0.4, -0.2) is 41.9 Å². The number of hydrogen-bond acceptors (Lipinski definition) is 8. The lowest BCUT2D eigenvalue weighted by Gasteiger charge is -2.09. The number of esters is 2. The summed E-state index contributed by atoms with van der Waals surface area (Å²) in [4.78, 5) is 57.6. The Morgan fingerprint density at radius 1 is 0.853 bits per heavy atom. The second-order valence-electron chi connectivity index (χ2n) is 7.63. The zero-order valence-corrected chi connectivity index (χ0v) is 18.7. The average Bonchev–Trinajstić information content (AvgIpc) is 2.80. The quantitative estimate of drug-likeness (QED) is 0.287. The molecule has 11 nitrogen and oxygen atoms in total. The predicted molar refractivity (Wildman–Crippen MR) is 122 cm³/mol. The molecule has 0 fully saturated rings. The van der Waals surface area contributed by atoms with E-state index in [-0.39, 0.29) is 24.4 Å². The number of anilines is 2. The minimum absolute atomic E-state index is 0.111. The highest BCUT2D eigenvalue weighted by molar-refractivity contribution is 5.95. The number of nitrogens with one attached hydrogen (secondary N) is 2. The molecule has 0 heterocycles. The van der Waals surface area contributed by atoms with Crippen molar-refractivity contribution in [3.63, 3.8) is 0 Å². The van der Waals surface area contributed by atoms with E-state index in [0.29, 0.717) is 23.5 Å². The summed E-state index contributed by atoms with van der Waals surface area (Å²) in [5.74, 6) is -2.05. The van der Waals surface area contributed by atoms with Crippen LogP contribution in [0.15, 0.2) is 48.5 Å². The topological polar surface area (TPSA) is 154 Å². The van der Waals surface area contributed by atoms with Crippen molar-refractivity contribution in [3.05, 3.63) is 64.2 Å². The van der Waals surface area contributed by atoms with Crippen LogP contribution in [-0.2, 0) is 23.9 Å². The number of benzene rings is 2. The van der Waals surface area contributed by atoms with Gasteiger partial charge in [-0.2, -0.15) is 0 Å². The smallest absolute Gasteiger partial charge is 0.338 e. The Bertz CT molecular complexity index is 1030. The van der Waals surface area contributed by atoms with E-state index in [4.69, 9.17) is 9.47 Å². The first-order chi connectivity index (χ1) is 16.1. The third-order valence-corrected chi connectivity index (χ3v) is 4.23. The molecular formula is C23H25N3O8. The number of nitro groups is 1. The van der Waals surface area contributed by atoms with E-state index in [2.05, 4.69) is 10.6 Å². The van der Waals surface area contributed by atoms with Crippen molar-refractivity contribution in [2.24, 2.45) is 5.92 Å². The summed E-state index contributed by atoms with van der Waals surface area (Å²) in [5.41, 5.74) is 0.989. The summed E-state index contributed by atoms with van der Waals surface area (Å²) in [6, 6.07) is 11.3. The van der Waals surface area contributed by atoms with Crippen LogP contribution >= 0.6 is 0 Å². The Hall–Kier alpha value is -4.28. The second kappa shape index (κ2) is 12.7. The molecule has 0 spiro atoms. The fraction of sp³-hybridized carbons (Fsp3) is 0.304. The van der Waals surface area contributed by atoms with Gasteiger partial charge in [-0.15, -0.1) is 0 Å². The third-order valence-electron chi connectivity index (χ3n) is 4.23. The summed E-state index contributed by atoms with van der Waals surface area (Å²) in [5, 5.41) is 15.7. The minimum atomic E-state index is -0.739. The number of hydrogen-bond donors (Lipinski definition) is 2. The van der Waals surface area contributed by atoms with E-state index in [1.807, 2.05) is 13.8 Å². The van der Waals surface area contributed by atoms with Crippen LogP contribution in [0.3, 0.4) is 0 Å². The Labute approximate surface area is 195 Å². The van der Waals surface area contributed by atoms with Gasteiger partial charge in [0.1, 0.15) is 0 Å². The molecule has 2 aromatic carbocycles. The molecule has 0 radical (unpaired) electrons. The van der Waals surface area contributed by atoms with E-state index in [0.717, 1.165) is 0 Å². The maximum Gasteiger partial charge on any atom is 0.338 e. The van der Waals surface area contributed by atoms with Crippen molar-refractivity contribution >= 4 is 40.8 Å². The van der Waals surface area contributed by atoms with Crippen LogP contribution in [0.1, 0.15) is 37.0 Å². The summed E-state index contributed by atoms with van der Waals surface area (Å²) in [6.45, 7) is 3.62. The van der Waals surface area contributed by atoms with Gasteiger partial charge in [-0.05, 0) is 42.3 Å². The fourth-order valence-electron chi connectivity index (χ4n) is 2.54. The van der Waals surface area contributed by atoms with Crippen LogP contribution in [0.2, 0.25) is 0 Å². The number of amides is 2. The molecule has 0 saturated heterocycles. The van der Waals surface area contributed by atoms with E-state index < -0.39 is 35.3 Å². The molecule has 2 aromatic rings. The number of rotatable bonds is 11. The van der Waals surface area contributed by atoms with Crippen molar-refractivity contribution in [2.45, 2.75) is 26.7 Å². The van der Waals surface area contributed by atoms with Gasteiger partial charge in [0.15, 0.2) is 6.61 Å². The molecule has 0 atom stereocenters. The first kappa shape index (κ1) is 26.0. The number of nitrogens with zero attached hydrogens (tertiary/aromatic N) is 1. The molecule has 180 valence electrons. The highest BCUT2D eigenvalue weighted by Crippen LogP contribution is 2.16. The number of non-ortho nitro benzene ring substituents is 1. The molecule has 2 N–H and O–H groups in total. The van der Waals surface area contributed by atoms with Gasteiger partial charge in [0.25, 0.3) is 11.6 Å². The minimum Gasteiger partial charge on any atom is -0.462 e. The van der Waals surface area contributed by atoms with Crippen molar-refractivity contribution < 1.29 is 33.6 Å². The van der Waals surface area contributed by atoms with Crippen molar-refractivity contribution in [3.8, 4) is 0 Å². The molecule has 0 aliphatic carbocycles. The average molecular weight is 471 g/mol. The monoisotopic (exact) mass is 471 g/mol. The van der Waals surface area contributed by atoms with Gasteiger partial charge in [0.2, 0.25) is 5.91 Å².